The fourth-order valence-electron chi connectivity index (χ4n) is 2.49. The van der Waals surface area contributed by atoms with Gasteiger partial charge in [0.05, 0.1) is 0 Å². The summed E-state index contributed by atoms with van der Waals surface area (Å²) in [5, 5.41) is 18.1. The predicted octanol–water partition coefficient (Wildman–Crippen LogP) is 1.38. The highest BCUT2D eigenvalue weighted by molar-refractivity contribution is 7.08. The van der Waals surface area contributed by atoms with Crippen molar-refractivity contribution in [1.29, 1.82) is 0 Å². The van der Waals surface area contributed by atoms with Crippen LogP contribution in [0.2, 0.25) is 0 Å². The minimum absolute atomic E-state index is 0.0743. The number of hydrogen-bond donors (Lipinski definition) is 3. The quantitative estimate of drug-likeness (QED) is 0.739. The van der Waals surface area contributed by atoms with Gasteiger partial charge in [-0.1, -0.05) is 12.8 Å². The number of thiophene rings is 1. The van der Waals surface area contributed by atoms with Crippen molar-refractivity contribution in [2.45, 2.75) is 37.6 Å². The molecule has 3 N–H and O–H groups in total. The molecule has 7 heteroatoms. The topological polar surface area (TPSA) is 95.5 Å². The fraction of sp³-hybridized carbons (Fsp3) is 0.500. The van der Waals surface area contributed by atoms with Crippen LogP contribution in [-0.2, 0) is 9.59 Å². The standard InChI is InChI=1S/C14H18N2O4S/c17-11(16-14(13(19)20)5-1-2-6-14)3-7-15-12(18)10-4-8-21-9-10/h4,8-9H,1-3,5-7H2,(H,15,18)(H,16,17)(H,19,20). The third-order valence-electron chi connectivity index (χ3n) is 3.67. The van der Waals surface area contributed by atoms with E-state index in [1.165, 1.54) is 11.3 Å². The highest BCUT2D eigenvalue weighted by Crippen LogP contribution is 2.29. The van der Waals surface area contributed by atoms with Crippen LogP contribution < -0.4 is 10.6 Å². The maximum absolute atomic E-state index is 11.9. The van der Waals surface area contributed by atoms with Crippen LogP contribution in [0.25, 0.3) is 0 Å². The summed E-state index contributed by atoms with van der Waals surface area (Å²) in [5.74, 6) is -1.54. The Kier molecular flexibility index (Phi) is 4.95. The summed E-state index contributed by atoms with van der Waals surface area (Å²) < 4.78 is 0. The number of rotatable bonds is 6. The molecule has 1 saturated carbocycles. The van der Waals surface area contributed by atoms with E-state index in [1.807, 2.05) is 0 Å². The lowest BCUT2D eigenvalue weighted by Gasteiger charge is -2.25. The van der Waals surface area contributed by atoms with Crippen molar-refractivity contribution in [2.75, 3.05) is 6.54 Å². The Morgan fingerprint density at radius 3 is 2.57 bits per heavy atom. The third-order valence-corrected chi connectivity index (χ3v) is 4.35. The number of hydrogen-bond acceptors (Lipinski definition) is 4. The van der Waals surface area contributed by atoms with Gasteiger partial charge in [-0.25, -0.2) is 4.79 Å². The molecule has 6 nitrogen and oxygen atoms in total. The molecule has 114 valence electrons. The maximum Gasteiger partial charge on any atom is 0.329 e. The molecule has 1 aliphatic carbocycles. The summed E-state index contributed by atoms with van der Waals surface area (Å²) in [6.45, 7) is 0.191. The van der Waals surface area contributed by atoms with Crippen molar-refractivity contribution in [3.63, 3.8) is 0 Å². The van der Waals surface area contributed by atoms with E-state index in [4.69, 9.17) is 0 Å². The Hall–Kier alpha value is -1.89. The van der Waals surface area contributed by atoms with Crippen molar-refractivity contribution >= 4 is 29.1 Å². The molecule has 0 spiro atoms. The van der Waals surface area contributed by atoms with Crippen LogP contribution in [0, 0.1) is 0 Å². The van der Waals surface area contributed by atoms with Crippen molar-refractivity contribution in [3.05, 3.63) is 22.4 Å². The molecule has 0 aromatic carbocycles. The molecule has 0 unspecified atom stereocenters. The average Bonchev–Trinajstić information content (AvgIpc) is 3.10. The summed E-state index contributed by atoms with van der Waals surface area (Å²) in [5.41, 5.74) is -0.549. The van der Waals surface area contributed by atoms with Gasteiger partial charge < -0.3 is 15.7 Å². The Bertz CT molecular complexity index is 521. The second kappa shape index (κ2) is 6.71. The average molecular weight is 310 g/mol. The molecule has 2 amide bonds. The Morgan fingerprint density at radius 1 is 1.29 bits per heavy atom. The zero-order valence-electron chi connectivity index (χ0n) is 11.6. The van der Waals surface area contributed by atoms with Crippen LogP contribution in [0.5, 0.6) is 0 Å². The first-order valence-corrected chi connectivity index (χ1v) is 7.83. The first kappa shape index (κ1) is 15.5. The van der Waals surface area contributed by atoms with Crippen LogP contribution in [0.3, 0.4) is 0 Å². The molecule has 0 aliphatic heterocycles. The lowest BCUT2D eigenvalue weighted by molar-refractivity contribution is -0.147. The van der Waals surface area contributed by atoms with Crippen molar-refractivity contribution in [2.24, 2.45) is 0 Å². The Labute approximate surface area is 126 Å². The number of amides is 2. The van der Waals surface area contributed by atoms with Gasteiger partial charge in [-0.3, -0.25) is 9.59 Å². The highest BCUT2D eigenvalue weighted by Gasteiger charge is 2.42. The van der Waals surface area contributed by atoms with Crippen molar-refractivity contribution < 1.29 is 19.5 Å². The first-order chi connectivity index (χ1) is 10.0. The van der Waals surface area contributed by atoms with Gasteiger partial charge in [0.15, 0.2) is 0 Å². The van der Waals surface area contributed by atoms with Gasteiger partial charge in [-0.15, -0.1) is 0 Å². The van der Waals surface area contributed by atoms with Crippen LogP contribution in [0.4, 0.5) is 0 Å². The van der Waals surface area contributed by atoms with Crippen LogP contribution in [0.1, 0.15) is 42.5 Å². The number of carbonyl (C=O) groups is 3. The van der Waals surface area contributed by atoms with E-state index in [9.17, 15) is 19.5 Å². The molecule has 1 heterocycles. The minimum Gasteiger partial charge on any atom is -0.480 e. The van der Waals surface area contributed by atoms with Gasteiger partial charge in [0.25, 0.3) is 5.91 Å². The molecule has 1 aromatic rings. The van der Waals surface area contributed by atoms with Gasteiger partial charge in [0, 0.05) is 23.9 Å². The Balaban J connectivity index is 1.77. The monoisotopic (exact) mass is 310 g/mol. The van der Waals surface area contributed by atoms with Gasteiger partial charge in [0.1, 0.15) is 5.54 Å². The van der Waals surface area contributed by atoms with Crippen LogP contribution in [0.15, 0.2) is 16.8 Å². The van der Waals surface area contributed by atoms with E-state index in [-0.39, 0.29) is 24.8 Å². The second-order valence-corrected chi connectivity index (χ2v) is 5.94. The zero-order valence-corrected chi connectivity index (χ0v) is 12.4. The summed E-state index contributed by atoms with van der Waals surface area (Å²) >= 11 is 1.43. The molecule has 1 aromatic heterocycles. The van der Waals surface area contributed by atoms with E-state index in [1.54, 1.807) is 16.8 Å². The molecule has 0 atom stereocenters. The summed E-state index contributed by atoms with van der Waals surface area (Å²) in [6, 6.07) is 1.71. The SMILES string of the molecule is O=C(CCNC(=O)c1ccsc1)NC1(C(=O)O)CCCC1. The number of aliphatic carboxylic acids is 1. The largest absolute Gasteiger partial charge is 0.480 e. The lowest BCUT2D eigenvalue weighted by Crippen LogP contribution is -2.52. The van der Waals surface area contributed by atoms with Gasteiger partial charge in [-0.2, -0.15) is 11.3 Å². The van der Waals surface area contributed by atoms with E-state index in [2.05, 4.69) is 10.6 Å². The van der Waals surface area contributed by atoms with E-state index >= 15 is 0 Å². The maximum atomic E-state index is 11.9. The highest BCUT2D eigenvalue weighted by atomic mass is 32.1. The van der Waals surface area contributed by atoms with E-state index in [0.717, 1.165) is 12.8 Å². The normalized spacial score (nSPS) is 16.4. The third kappa shape index (κ3) is 3.81. The van der Waals surface area contributed by atoms with Crippen LogP contribution in [-0.4, -0.2) is 35.0 Å². The molecule has 1 fully saturated rings. The lowest BCUT2D eigenvalue weighted by atomic mass is 9.97. The summed E-state index contributed by atoms with van der Waals surface area (Å²) in [7, 11) is 0. The molecule has 0 bridgehead atoms. The molecule has 0 radical (unpaired) electrons. The van der Waals surface area contributed by atoms with E-state index in [0.29, 0.717) is 18.4 Å². The first-order valence-electron chi connectivity index (χ1n) is 6.88. The molecule has 2 rings (SSSR count). The van der Waals surface area contributed by atoms with E-state index < -0.39 is 11.5 Å². The fourth-order valence-corrected chi connectivity index (χ4v) is 3.12. The molecule has 21 heavy (non-hydrogen) atoms. The van der Waals surface area contributed by atoms with Crippen molar-refractivity contribution in [3.8, 4) is 0 Å². The smallest absolute Gasteiger partial charge is 0.329 e. The Morgan fingerprint density at radius 2 is 2.00 bits per heavy atom. The predicted molar refractivity (Wildman–Crippen MR) is 78.2 cm³/mol. The van der Waals surface area contributed by atoms with Crippen LogP contribution >= 0.6 is 11.3 Å². The second-order valence-electron chi connectivity index (χ2n) is 5.16. The number of nitrogens with one attached hydrogen (secondary N) is 2. The number of carbonyl (C=O) groups excluding carboxylic acids is 2. The van der Waals surface area contributed by atoms with Gasteiger partial charge in [-0.05, 0) is 24.3 Å². The number of carboxylic acids is 1. The molecular weight excluding hydrogens is 292 g/mol. The summed E-state index contributed by atoms with van der Waals surface area (Å²) in [6.07, 6.45) is 2.62. The zero-order chi connectivity index (χ0) is 15.3. The minimum atomic E-state index is -1.12. The van der Waals surface area contributed by atoms with Gasteiger partial charge >= 0.3 is 5.97 Å². The van der Waals surface area contributed by atoms with Gasteiger partial charge in [0.2, 0.25) is 5.91 Å². The molecular formula is C14H18N2O4S. The van der Waals surface area contributed by atoms with Crippen molar-refractivity contribution in [1.82, 2.24) is 10.6 Å². The summed E-state index contributed by atoms with van der Waals surface area (Å²) in [4.78, 5) is 34.8. The molecule has 1 aliphatic rings. The molecule has 0 saturated heterocycles. The number of carboxylic acid groups (broad SMARTS) is 1.